The lowest BCUT2D eigenvalue weighted by Gasteiger charge is -2.37. The van der Waals surface area contributed by atoms with Crippen molar-refractivity contribution in [2.24, 2.45) is 4.99 Å². The first-order valence-electron chi connectivity index (χ1n) is 8.46. The number of phenolic OH excluding ortho intramolecular Hbond substituents is 1. The van der Waals surface area contributed by atoms with Gasteiger partial charge in [-0.3, -0.25) is 4.99 Å². The molecule has 1 aliphatic rings. The normalized spacial score (nSPS) is 16.2. The smallest absolute Gasteiger partial charge is 0.389 e. The molecule has 0 saturated carbocycles. The first-order chi connectivity index (χ1) is 11.9. The number of hydrogen-bond donors (Lipinski definition) is 2. The van der Waals surface area contributed by atoms with E-state index in [0.717, 1.165) is 31.9 Å². The number of aromatic hydroxyl groups is 1. The average molecular weight is 358 g/mol. The Morgan fingerprint density at radius 1 is 1.16 bits per heavy atom. The minimum atomic E-state index is -4.08. The van der Waals surface area contributed by atoms with E-state index in [2.05, 4.69) is 20.1 Å². The fourth-order valence-electron chi connectivity index (χ4n) is 2.87. The van der Waals surface area contributed by atoms with Crippen LogP contribution in [0.4, 0.5) is 18.9 Å². The number of aliphatic imine (C=N–C) groups is 1. The third-order valence-corrected chi connectivity index (χ3v) is 4.18. The third-order valence-electron chi connectivity index (χ3n) is 4.18. The van der Waals surface area contributed by atoms with Gasteiger partial charge in [0.25, 0.3) is 0 Å². The quantitative estimate of drug-likeness (QED) is 0.483. The molecule has 1 aromatic carbocycles. The van der Waals surface area contributed by atoms with E-state index in [9.17, 15) is 18.3 Å². The monoisotopic (exact) mass is 358 g/mol. The van der Waals surface area contributed by atoms with Gasteiger partial charge in [-0.15, -0.1) is 0 Å². The zero-order valence-electron chi connectivity index (χ0n) is 14.4. The number of phenols is 1. The van der Waals surface area contributed by atoms with Crippen molar-refractivity contribution in [3.05, 3.63) is 24.3 Å². The number of benzene rings is 1. The fourth-order valence-corrected chi connectivity index (χ4v) is 2.87. The van der Waals surface area contributed by atoms with Crippen molar-refractivity contribution in [2.75, 3.05) is 44.7 Å². The summed E-state index contributed by atoms with van der Waals surface area (Å²) in [6.07, 6.45) is -4.25. The van der Waals surface area contributed by atoms with Crippen LogP contribution in [0.3, 0.4) is 0 Å². The Hall–Kier alpha value is -2.12. The Morgan fingerprint density at radius 2 is 1.84 bits per heavy atom. The summed E-state index contributed by atoms with van der Waals surface area (Å²) in [4.78, 5) is 8.41. The van der Waals surface area contributed by atoms with Gasteiger partial charge in [-0.05, 0) is 25.0 Å². The molecule has 0 bridgehead atoms. The van der Waals surface area contributed by atoms with Crippen molar-refractivity contribution >= 4 is 11.6 Å². The van der Waals surface area contributed by atoms with Crippen LogP contribution < -0.4 is 10.2 Å². The van der Waals surface area contributed by atoms with Crippen LogP contribution >= 0.6 is 0 Å². The van der Waals surface area contributed by atoms with Gasteiger partial charge in [-0.25, -0.2) is 0 Å². The predicted octanol–water partition coefficient (Wildman–Crippen LogP) is 2.82. The number of alkyl halides is 3. The van der Waals surface area contributed by atoms with Crippen LogP contribution in [0.1, 0.15) is 19.3 Å². The number of nitrogens with zero attached hydrogens (tertiary/aromatic N) is 3. The number of para-hydroxylation sites is 2. The lowest BCUT2D eigenvalue weighted by molar-refractivity contribution is -0.135. The highest BCUT2D eigenvalue weighted by Crippen LogP contribution is 2.27. The molecule has 0 amide bonds. The van der Waals surface area contributed by atoms with Crippen LogP contribution in [0.15, 0.2) is 29.3 Å². The van der Waals surface area contributed by atoms with Gasteiger partial charge in [0, 0.05) is 46.2 Å². The summed E-state index contributed by atoms with van der Waals surface area (Å²) in [7, 11) is 1.67. The summed E-state index contributed by atoms with van der Waals surface area (Å²) in [6, 6.07) is 7.24. The van der Waals surface area contributed by atoms with Gasteiger partial charge in [0.15, 0.2) is 5.96 Å². The average Bonchev–Trinajstić information content (AvgIpc) is 2.58. The molecule has 0 atom stereocenters. The van der Waals surface area contributed by atoms with Gasteiger partial charge in [0.2, 0.25) is 0 Å². The minimum absolute atomic E-state index is 0.120. The molecule has 1 aliphatic heterocycles. The summed E-state index contributed by atoms with van der Waals surface area (Å²) in [6.45, 7) is 3.42. The Kier molecular flexibility index (Phi) is 6.78. The molecule has 2 N–H and O–H groups in total. The van der Waals surface area contributed by atoms with E-state index in [-0.39, 0.29) is 12.2 Å². The van der Waals surface area contributed by atoms with Crippen molar-refractivity contribution in [1.82, 2.24) is 10.2 Å². The van der Waals surface area contributed by atoms with Gasteiger partial charge in [0.1, 0.15) is 5.75 Å². The lowest BCUT2D eigenvalue weighted by Crippen LogP contribution is -2.52. The summed E-state index contributed by atoms with van der Waals surface area (Å²) < 4.78 is 36.4. The number of halogens is 3. The molecule has 1 aromatic rings. The number of piperazine rings is 1. The van der Waals surface area contributed by atoms with Gasteiger partial charge in [-0.1, -0.05) is 12.1 Å². The Morgan fingerprint density at radius 3 is 2.44 bits per heavy atom. The van der Waals surface area contributed by atoms with Crippen molar-refractivity contribution in [3.8, 4) is 5.75 Å². The first-order valence-corrected chi connectivity index (χ1v) is 8.46. The molecular formula is C17H25F3N4O. The molecule has 2 rings (SSSR count). The maximum Gasteiger partial charge on any atom is 0.389 e. The van der Waals surface area contributed by atoms with E-state index >= 15 is 0 Å². The van der Waals surface area contributed by atoms with Crippen molar-refractivity contribution < 1.29 is 18.3 Å². The Labute approximate surface area is 146 Å². The summed E-state index contributed by atoms with van der Waals surface area (Å²) >= 11 is 0. The molecule has 25 heavy (non-hydrogen) atoms. The van der Waals surface area contributed by atoms with Crippen molar-refractivity contribution in [1.29, 1.82) is 0 Å². The first kappa shape index (κ1) is 19.2. The van der Waals surface area contributed by atoms with Crippen LogP contribution in [-0.2, 0) is 0 Å². The number of rotatable bonds is 5. The molecule has 8 heteroatoms. The van der Waals surface area contributed by atoms with E-state index in [1.165, 1.54) is 0 Å². The van der Waals surface area contributed by atoms with Crippen LogP contribution in [0.25, 0.3) is 0 Å². The second-order valence-corrected chi connectivity index (χ2v) is 6.01. The van der Waals surface area contributed by atoms with E-state index in [1.54, 1.807) is 19.2 Å². The van der Waals surface area contributed by atoms with Gasteiger partial charge >= 0.3 is 6.18 Å². The maximum atomic E-state index is 12.1. The predicted molar refractivity (Wildman–Crippen MR) is 93.2 cm³/mol. The third kappa shape index (κ3) is 6.03. The Balaban J connectivity index is 1.75. The summed E-state index contributed by atoms with van der Waals surface area (Å²) in [5.41, 5.74) is 0.817. The second-order valence-electron chi connectivity index (χ2n) is 6.01. The van der Waals surface area contributed by atoms with Crippen LogP contribution in [0, 0.1) is 0 Å². The number of nitrogens with one attached hydrogen (secondary N) is 1. The van der Waals surface area contributed by atoms with E-state index in [0.29, 0.717) is 18.9 Å². The highest BCUT2D eigenvalue weighted by atomic mass is 19.4. The Bertz CT molecular complexity index is 569. The van der Waals surface area contributed by atoms with Gasteiger partial charge < -0.3 is 20.2 Å². The second kappa shape index (κ2) is 8.82. The van der Waals surface area contributed by atoms with E-state index in [4.69, 9.17) is 0 Å². The standard InChI is InChI=1S/C17H25F3N4O/c1-21-16(22-9-5-4-8-17(18,19)20)24-12-10-23(11-13-24)14-6-2-3-7-15(14)25/h2-3,6-7,25H,4-5,8-13H2,1H3,(H,21,22). The summed E-state index contributed by atoms with van der Waals surface area (Å²) in [5, 5.41) is 13.1. The SMILES string of the molecule is CN=C(NCCCCC(F)(F)F)N1CCN(c2ccccc2O)CC1. The number of hydrogen-bond acceptors (Lipinski definition) is 3. The molecular weight excluding hydrogens is 333 g/mol. The van der Waals surface area contributed by atoms with Crippen LogP contribution in [0.5, 0.6) is 5.75 Å². The molecule has 1 fully saturated rings. The molecule has 0 spiro atoms. The lowest BCUT2D eigenvalue weighted by atomic mass is 10.2. The largest absolute Gasteiger partial charge is 0.506 e. The zero-order valence-corrected chi connectivity index (χ0v) is 14.4. The summed E-state index contributed by atoms with van der Waals surface area (Å²) in [5.74, 6) is 0.979. The van der Waals surface area contributed by atoms with Crippen LogP contribution in [0.2, 0.25) is 0 Å². The molecule has 5 nitrogen and oxygen atoms in total. The minimum Gasteiger partial charge on any atom is -0.506 e. The molecule has 0 aromatic heterocycles. The van der Waals surface area contributed by atoms with Crippen LogP contribution in [-0.4, -0.2) is 61.9 Å². The topological polar surface area (TPSA) is 51.1 Å². The number of guanidine groups is 1. The zero-order chi connectivity index (χ0) is 18.3. The van der Waals surface area contributed by atoms with Crippen molar-refractivity contribution in [3.63, 3.8) is 0 Å². The van der Waals surface area contributed by atoms with E-state index < -0.39 is 12.6 Å². The highest BCUT2D eigenvalue weighted by molar-refractivity contribution is 5.80. The number of anilines is 1. The molecule has 0 unspecified atom stereocenters. The maximum absolute atomic E-state index is 12.1. The van der Waals surface area contributed by atoms with E-state index in [1.807, 2.05) is 12.1 Å². The molecule has 1 heterocycles. The van der Waals surface area contributed by atoms with Gasteiger partial charge in [0.05, 0.1) is 5.69 Å². The molecule has 140 valence electrons. The number of unbranched alkanes of at least 4 members (excludes halogenated alkanes) is 1. The molecule has 0 radical (unpaired) electrons. The molecule has 0 aliphatic carbocycles. The van der Waals surface area contributed by atoms with Crippen molar-refractivity contribution in [2.45, 2.75) is 25.4 Å². The van der Waals surface area contributed by atoms with Gasteiger partial charge in [-0.2, -0.15) is 13.2 Å². The molecule has 1 saturated heterocycles. The highest BCUT2D eigenvalue weighted by Gasteiger charge is 2.26. The fraction of sp³-hybridized carbons (Fsp3) is 0.588.